The number of nitriles is 1. The van der Waals surface area contributed by atoms with E-state index in [2.05, 4.69) is 0 Å². The van der Waals surface area contributed by atoms with E-state index in [0.717, 1.165) is 0 Å². The van der Waals surface area contributed by atoms with Crippen molar-refractivity contribution in [3.63, 3.8) is 0 Å². The predicted octanol–water partition coefficient (Wildman–Crippen LogP) is 1.87. The van der Waals surface area contributed by atoms with Crippen LogP contribution in [-0.4, -0.2) is 22.0 Å². The Balaban J connectivity index is 2.62. The molecule has 1 heterocycles. The maximum atomic E-state index is 11.8. The first kappa shape index (κ1) is 13.8. The highest BCUT2D eigenvalue weighted by Gasteiger charge is 2.54. The fraction of sp³-hybridized carbons (Fsp3) is 0.308. The Hall–Kier alpha value is -1.58. The topological polar surface area (TPSA) is 76.1 Å². The second-order valence-corrected chi connectivity index (χ2v) is 5.76. The van der Waals surface area contributed by atoms with Crippen molar-refractivity contribution in [1.82, 2.24) is 0 Å². The highest BCUT2D eigenvalue weighted by atomic mass is 32.2. The van der Waals surface area contributed by atoms with Crippen LogP contribution in [0.3, 0.4) is 0 Å². The Kier molecular flexibility index (Phi) is 3.78. The summed E-state index contributed by atoms with van der Waals surface area (Å²) in [5, 5.41) is 9.47. The van der Waals surface area contributed by atoms with E-state index in [-0.39, 0.29) is 4.86 Å². The van der Waals surface area contributed by atoms with Gasteiger partial charge >= 0.3 is 0 Å². The lowest BCUT2D eigenvalue weighted by molar-refractivity contribution is -0.123. The van der Waals surface area contributed by atoms with Gasteiger partial charge < -0.3 is 10.5 Å². The molecule has 0 radical (unpaired) electrons. The number of thioether (sulfide) groups is 1. The summed E-state index contributed by atoms with van der Waals surface area (Å²) in [5.74, 6) is 0.512. The van der Waals surface area contributed by atoms with Crippen LogP contribution in [0.5, 0.6) is 5.75 Å². The lowest BCUT2D eigenvalue weighted by Crippen LogP contribution is -2.54. The van der Waals surface area contributed by atoms with Crippen LogP contribution < -0.4 is 10.5 Å². The molecule has 2 N–H and O–H groups in total. The highest BCUT2D eigenvalue weighted by molar-refractivity contribution is 7.99. The number of carbonyl (C=O) groups excluding carboxylic acids is 1. The molecule has 2 unspecified atom stereocenters. The molecular formula is C13H12N2O2S2. The number of nitrogens with zero attached hydrogens (tertiary/aromatic N) is 1. The van der Waals surface area contributed by atoms with Crippen molar-refractivity contribution in [2.24, 2.45) is 11.1 Å². The van der Waals surface area contributed by atoms with Crippen LogP contribution in [0, 0.1) is 16.7 Å². The first-order valence-corrected chi connectivity index (χ1v) is 7.16. The zero-order chi connectivity index (χ0) is 14.0. The smallest absolute Gasteiger partial charge is 0.248 e. The maximum Gasteiger partial charge on any atom is 0.248 e. The van der Waals surface area contributed by atoms with Gasteiger partial charge in [0.05, 0.1) is 10.9 Å². The van der Waals surface area contributed by atoms with Crippen molar-refractivity contribution >= 4 is 34.8 Å². The van der Waals surface area contributed by atoms with E-state index in [1.54, 1.807) is 18.2 Å². The maximum absolute atomic E-state index is 11.8. The summed E-state index contributed by atoms with van der Waals surface area (Å²) in [5.41, 5.74) is 3.73. The Morgan fingerprint density at radius 2 is 2.32 bits per heavy atom. The summed E-state index contributed by atoms with van der Waals surface area (Å²) < 4.78 is 5.76. The number of primary amides is 1. The van der Waals surface area contributed by atoms with E-state index in [0.29, 0.717) is 17.1 Å². The molecule has 0 bridgehead atoms. The third-order valence-corrected chi connectivity index (χ3v) is 4.59. The standard InChI is InChI=1S/C13H12N2O2S2/c1-2-19-12-13(7-14,11(15)16)10(18)8-5-3-4-6-9(8)17-12/h3-6,12H,2H2,1H3,(H2,15,16). The molecule has 2 atom stereocenters. The predicted molar refractivity (Wildman–Crippen MR) is 77.9 cm³/mol. The van der Waals surface area contributed by atoms with Crippen molar-refractivity contribution in [2.45, 2.75) is 12.4 Å². The second-order valence-electron chi connectivity index (χ2n) is 4.01. The summed E-state index contributed by atoms with van der Waals surface area (Å²) in [7, 11) is 0. The van der Waals surface area contributed by atoms with Crippen molar-refractivity contribution in [3.8, 4) is 11.8 Å². The highest BCUT2D eigenvalue weighted by Crippen LogP contribution is 2.43. The Bertz CT molecular complexity index is 582. The molecule has 2 rings (SSSR count). The molecule has 0 saturated heterocycles. The normalized spacial score (nSPS) is 25.1. The summed E-state index contributed by atoms with van der Waals surface area (Å²) in [6.07, 6.45) is 0. The van der Waals surface area contributed by atoms with Crippen molar-refractivity contribution < 1.29 is 9.53 Å². The van der Waals surface area contributed by atoms with Gasteiger partial charge in [-0.1, -0.05) is 37.3 Å². The van der Waals surface area contributed by atoms with Gasteiger partial charge in [-0.05, 0) is 11.8 Å². The number of rotatable bonds is 3. The van der Waals surface area contributed by atoms with Crippen LogP contribution in [-0.2, 0) is 4.79 Å². The summed E-state index contributed by atoms with van der Waals surface area (Å²) >= 11 is 6.69. The van der Waals surface area contributed by atoms with Gasteiger partial charge in [0.15, 0.2) is 5.44 Å². The minimum atomic E-state index is -1.59. The molecule has 4 nitrogen and oxygen atoms in total. The number of nitrogens with two attached hydrogens (primary N) is 1. The average Bonchev–Trinajstić information content (AvgIpc) is 2.40. The van der Waals surface area contributed by atoms with Gasteiger partial charge in [-0.3, -0.25) is 4.79 Å². The Morgan fingerprint density at radius 1 is 1.63 bits per heavy atom. The van der Waals surface area contributed by atoms with Crippen LogP contribution in [0.15, 0.2) is 24.3 Å². The van der Waals surface area contributed by atoms with Crippen molar-refractivity contribution in [1.29, 1.82) is 5.26 Å². The molecule has 0 fully saturated rings. The number of fused-ring (bicyclic) bond motifs is 1. The summed E-state index contributed by atoms with van der Waals surface area (Å²) in [6.45, 7) is 1.92. The molecule has 1 aliphatic rings. The SMILES string of the molecule is CCSC1Oc2ccccc2C(=S)C1(C#N)C(N)=O. The number of benzene rings is 1. The van der Waals surface area contributed by atoms with Gasteiger partial charge in [-0.2, -0.15) is 5.26 Å². The molecule has 0 spiro atoms. The molecule has 1 aromatic rings. The molecule has 0 aromatic heterocycles. The first-order valence-electron chi connectivity index (χ1n) is 5.71. The molecule has 1 aliphatic heterocycles. The van der Waals surface area contributed by atoms with Gasteiger partial charge in [0, 0.05) is 5.56 Å². The van der Waals surface area contributed by atoms with E-state index in [4.69, 9.17) is 22.7 Å². The minimum absolute atomic E-state index is 0.246. The number of hydrogen-bond donors (Lipinski definition) is 1. The monoisotopic (exact) mass is 292 g/mol. The zero-order valence-electron chi connectivity index (χ0n) is 10.3. The van der Waals surface area contributed by atoms with Crippen molar-refractivity contribution in [3.05, 3.63) is 29.8 Å². The summed E-state index contributed by atoms with van der Waals surface area (Å²) in [4.78, 5) is 12.1. The van der Waals surface area contributed by atoms with Crippen molar-refractivity contribution in [2.75, 3.05) is 5.75 Å². The second kappa shape index (κ2) is 5.19. The number of carbonyl (C=O) groups is 1. The summed E-state index contributed by atoms with van der Waals surface area (Å²) in [6, 6.07) is 9.09. The van der Waals surface area contributed by atoms with Gasteiger partial charge in [0.1, 0.15) is 5.75 Å². The van der Waals surface area contributed by atoms with E-state index in [1.807, 2.05) is 19.1 Å². The third-order valence-electron chi connectivity index (χ3n) is 2.96. The van der Waals surface area contributed by atoms with Crippen LogP contribution in [0.2, 0.25) is 0 Å². The fourth-order valence-corrected chi connectivity index (χ4v) is 3.48. The number of hydrogen-bond acceptors (Lipinski definition) is 5. The number of amides is 1. The van der Waals surface area contributed by atoms with Gasteiger partial charge in [0.2, 0.25) is 11.3 Å². The van der Waals surface area contributed by atoms with E-state index < -0.39 is 16.8 Å². The third kappa shape index (κ3) is 1.99. The quantitative estimate of drug-likeness (QED) is 0.861. The van der Waals surface area contributed by atoms with E-state index in [1.165, 1.54) is 11.8 Å². The van der Waals surface area contributed by atoms with Gasteiger partial charge in [-0.15, -0.1) is 11.8 Å². The molecule has 1 aromatic carbocycles. The molecule has 1 amide bonds. The number of thiocarbonyl (C=S) groups is 1. The van der Waals surface area contributed by atoms with Crippen LogP contribution in [0.1, 0.15) is 12.5 Å². The Labute approximate surface area is 120 Å². The number of para-hydroxylation sites is 1. The fourth-order valence-electron chi connectivity index (χ4n) is 1.98. The average molecular weight is 292 g/mol. The van der Waals surface area contributed by atoms with E-state index in [9.17, 15) is 10.1 Å². The molecule has 6 heteroatoms. The molecule has 0 aliphatic carbocycles. The molecule has 0 saturated carbocycles. The van der Waals surface area contributed by atoms with Crippen LogP contribution >= 0.6 is 24.0 Å². The van der Waals surface area contributed by atoms with E-state index >= 15 is 0 Å². The first-order chi connectivity index (χ1) is 9.07. The van der Waals surface area contributed by atoms with Crippen LogP contribution in [0.4, 0.5) is 0 Å². The minimum Gasteiger partial charge on any atom is -0.476 e. The van der Waals surface area contributed by atoms with Crippen LogP contribution in [0.25, 0.3) is 0 Å². The largest absolute Gasteiger partial charge is 0.476 e. The van der Waals surface area contributed by atoms with Gasteiger partial charge in [-0.25, -0.2) is 0 Å². The lowest BCUT2D eigenvalue weighted by atomic mass is 9.80. The zero-order valence-corrected chi connectivity index (χ0v) is 11.9. The Morgan fingerprint density at radius 3 is 2.89 bits per heavy atom. The van der Waals surface area contributed by atoms with Gasteiger partial charge in [0.25, 0.3) is 0 Å². The molecule has 98 valence electrons. The molecule has 19 heavy (non-hydrogen) atoms. The lowest BCUT2D eigenvalue weighted by Gasteiger charge is -2.37. The number of ether oxygens (including phenoxy) is 1. The molecular weight excluding hydrogens is 280 g/mol.